The maximum absolute atomic E-state index is 10.8. The summed E-state index contributed by atoms with van der Waals surface area (Å²) < 4.78 is 29.5. The fourth-order valence-corrected chi connectivity index (χ4v) is 1.36. The number of nitrogens with one attached hydrogen (secondary N) is 2. The molecule has 0 atom stereocenters. The van der Waals surface area contributed by atoms with Gasteiger partial charge in [0, 0.05) is 0 Å². The first kappa shape index (κ1) is 9.48. The van der Waals surface area contributed by atoms with Gasteiger partial charge in [-0.1, -0.05) is 0 Å². The Labute approximate surface area is 71.2 Å². The Morgan fingerprint density at radius 3 is 2.15 bits per heavy atom. The van der Waals surface area contributed by atoms with Crippen LogP contribution in [0, 0.1) is 0 Å². The quantitative estimate of drug-likeness (QED) is 0.387. The van der Waals surface area contributed by atoms with Crippen LogP contribution in [0.2, 0.25) is 0 Å². The molecule has 0 aliphatic carbocycles. The van der Waals surface area contributed by atoms with Crippen LogP contribution < -0.4 is 17.0 Å². The molecule has 8 nitrogen and oxygen atoms in total. The lowest BCUT2D eigenvalue weighted by atomic mass is 10.6. The van der Waals surface area contributed by atoms with E-state index in [-0.39, 0.29) is 0 Å². The van der Waals surface area contributed by atoms with Crippen LogP contribution in [0.1, 0.15) is 0 Å². The van der Waals surface area contributed by atoms with Crippen molar-refractivity contribution in [1.82, 2.24) is 9.97 Å². The van der Waals surface area contributed by atoms with Crippen molar-refractivity contribution in [2.75, 3.05) is 5.73 Å². The minimum atomic E-state index is -4.72. The molecule has 0 saturated carbocycles. The Morgan fingerprint density at radius 2 is 1.77 bits per heavy atom. The summed E-state index contributed by atoms with van der Waals surface area (Å²) in [6, 6.07) is 0. The van der Waals surface area contributed by atoms with Crippen molar-refractivity contribution in [2.45, 2.75) is 4.90 Å². The maximum Gasteiger partial charge on any atom is 0.327 e. The molecule has 1 aromatic heterocycles. The van der Waals surface area contributed by atoms with Crippen LogP contribution in [0.25, 0.3) is 0 Å². The number of hydrogen-bond acceptors (Lipinski definition) is 5. The van der Waals surface area contributed by atoms with Crippen LogP contribution in [-0.4, -0.2) is 22.9 Å². The molecule has 0 amide bonds. The summed E-state index contributed by atoms with van der Waals surface area (Å²) in [5, 5.41) is 0. The number of anilines is 1. The van der Waals surface area contributed by atoms with Gasteiger partial charge in [0.2, 0.25) is 0 Å². The molecule has 0 aromatic carbocycles. The van der Waals surface area contributed by atoms with Crippen LogP contribution in [0.3, 0.4) is 0 Å². The molecular formula is C4H5N3O5S. The number of aromatic nitrogens is 2. The van der Waals surface area contributed by atoms with Gasteiger partial charge in [-0.15, -0.1) is 0 Å². The lowest BCUT2D eigenvalue weighted by molar-refractivity contribution is 0.481. The van der Waals surface area contributed by atoms with E-state index >= 15 is 0 Å². The molecule has 0 saturated heterocycles. The third-order valence-electron chi connectivity index (χ3n) is 1.18. The van der Waals surface area contributed by atoms with E-state index in [1.807, 2.05) is 4.98 Å². The average Bonchev–Trinajstić information content (AvgIpc) is 1.78. The minimum Gasteiger partial charge on any atom is -0.384 e. The van der Waals surface area contributed by atoms with Crippen LogP contribution >= 0.6 is 0 Å². The molecule has 0 unspecified atom stereocenters. The van der Waals surface area contributed by atoms with Crippen LogP contribution in [0.5, 0.6) is 0 Å². The van der Waals surface area contributed by atoms with E-state index in [2.05, 4.69) is 0 Å². The van der Waals surface area contributed by atoms with Crippen molar-refractivity contribution >= 4 is 15.9 Å². The number of aromatic amines is 2. The van der Waals surface area contributed by atoms with Gasteiger partial charge >= 0.3 is 15.8 Å². The molecule has 9 heteroatoms. The lowest BCUT2D eigenvalue weighted by Gasteiger charge is -1.98. The maximum atomic E-state index is 10.8. The molecule has 1 aromatic rings. The van der Waals surface area contributed by atoms with Gasteiger partial charge in [0.15, 0.2) is 4.90 Å². The predicted molar refractivity (Wildman–Crippen MR) is 41.9 cm³/mol. The standard InChI is InChI=1S/C4H5N3O5S/c5-2-1(13(10,11)12)3(8)7-4(9)6-2/h(H,10,11,12)(H4,5,6,7,8,9). The second kappa shape index (κ2) is 2.71. The molecule has 0 spiro atoms. The highest BCUT2D eigenvalue weighted by atomic mass is 32.2. The predicted octanol–water partition coefficient (Wildman–Crippen LogP) is -2.11. The fraction of sp³-hybridized carbons (Fsp3) is 0. The first-order valence-electron chi connectivity index (χ1n) is 2.92. The van der Waals surface area contributed by atoms with Crippen LogP contribution in [0.15, 0.2) is 14.5 Å². The van der Waals surface area contributed by atoms with Crippen molar-refractivity contribution in [3.05, 3.63) is 20.8 Å². The van der Waals surface area contributed by atoms with Gasteiger partial charge in [0.05, 0.1) is 0 Å². The third kappa shape index (κ3) is 1.76. The minimum absolute atomic E-state index is 0.698. The monoisotopic (exact) mass is 207 g/mol. The van der Waals surface area contributed by atoms with Gasteiger partial charge in [-0.05, 0) is 0 Å². The Kier molecular flexibility index (Phi) is 1.97. The first-order chi connectivity index (χ1) is 5.82. The van der Waals surface area contributed by atoms with Gasteiger partial charge in [-0.25, -0.2) is 4.79 Å². The molecular weight excluding hydrogens is 202 g/mol. The molecule has 1 rings (SSSR count). The van der Waals surface area contributed by atoms with Crippen molar-refractivity contribution < 1.29 is 13.0 Å². The highest BCUT2D eigenvalue weighted by molar-refractivity contribution is 7.86. The zero-order chi connectivity index (χ0) is 10.2. The van der Waals surface area contributed by atoms with Crippen molar-refractivity contribution in [1.29, 1.82) is 0 Å². The van der Waals surface area contributed by atoms with E-state index in [1.165, 1.54) is 0 Å². The Hall–Kier alpha value is -1.61. The van der Waals surface area contributed by atoms with Crippen molar-refractivity contribution in [3.63, 3.8) is 0 Å². The third-order valence-corrected chi connectivity index (χ3v) is 2.11. The zero-order valence-electron chi connectivity index (χ0n) is 6.07. The van der Waals surface area contributed by atoms with Crippen LogP contribution in [-0.2, 0) is 10.1 Å². The fourth-order valence-electron chi connectivity index (χ4n) is 0.749. The highest BCUT2D eigenvalue weighted by Crippen LogP contribution is 2.05. The molecule has 13 heavy (non-hydrogen) atoms. The van der Waals surface area contributed by atoms with Gasteiger partial charge in [-0.3, -0.25) is 19.3 Å². The normalized spacial score (nSPS) is 11.5. The van der Waals surface area contributed by atoms with Gasteiger partial charge in [-0.2, -0.15) is 8.42 Å². The number of H-pyrrole nitrogens is 2. The van der Waals surface area contributed by atoms with Gasteiger partial charge < -0.3 is 5.73 Å². The lowest BCUT2D eigenvalue weighted by Crippen LogP contribution is -2.29. The number of hydrogen-bond donors (Lipinski definition) is 4. The van der Waals surface area contributed by atoms with E-state index in [4.69, 9.17) is 10.3 Å². The summed E-state index contributed by atoms with van der Waals surface area (Å²) in [4.78, 5) is 23.7. The molecule has 72 valence electrons. The number of nitrogens with two attached hydrogens (primary N) is 1. The van der Waals surface area contributed by atoms with Gasteiger partial charge in [0.25, 0.3) is 5.56 Å². The summed E-state index contributed by atoms with van der Waals surface area (Å²) in [6.07, 6.45) is 0. The largest absolute Gasteiger partial charge is 0.384 e. The topological polar surface area (TPSA) is 146 Å². The highest BCUT2D eigenvalue weighted by Gasteiger charge is 2.19. The van der Waals surface area contributed by atoms with E-state index < -0.39 is 32.1 Å². The Bertz CT molecular complexity index is 538. The average molecular weight is 207 g/mol. The molecule has 0 fully saturated rings. The second-order valence-electron chi connectivity index (χ2n) is 2.13. The van der Waals surface area contributed by atoms with E-state index in [0.29, 0.717) is 0 Å². The summed E-state index contributed by atoms with van der Waals surface area (Å²) in [5.41, 5.74) is 2.78. The van der Waals surface area contributed by atoms with Crippen molar-refractivity contribution in [2.24, 2.45) is 0 Å². The summed E-state index contributed by atoms with van der Waals surface area (Å²) in [6.45, 7) is 0. The van der Waals surface area contributed by atoms with Crippen LogP contribution in [0.4, 0.5) is 5.82 Å². The van der Waals surface area contributed by atoms with Gasteiger partial charge in [0.1, 0.15) is 5.82 Å². The van der Waals surface area contributed by atoms with Crippen molar-refractivity contribution in [3.8, 4) is 0 Å². The first-order valence-corrected chi connectivity index (χ1v) is 4.36. The molecule has 0 bridgehead atoms. The molecule has 0 aliphatic rings. The van der Waals surface area contributed by atoms with E-state index in [9.17, 15) is 18.0 Å². The van der Waals surface area contributed by atoms with E-state index in [1.54, 1.807) is 4.98 Å². The van der Waals surface area contributed by atoms with E-state index in [0.717, 1.165) is 0 Å². The second-order valence-corrected chi connectivity index (χ2v) is 3.48. The summed E-state index contributed by atoms with van der Waals surface area (Å²) >= 11 is 0. The number of rotatable bonds is 1. The zero-order valence-corrected chi connectivity index (χ0v) is 6.88. The smallest absolute Gasteiger partial charge is 0.327 e. The molecule has 0 aliphatic heterocycles. The Balaban J connectivity index is 3.77. The SMILES string of the molecule is Nc1[nH]c(=O)[nH]c(=O)c1S(=O)(=O)O. The number of nitrogen functional groups attached to an aromatic ring is 1. The molecule has 1 heterocycles. The molecule has 0 radical (unpaired) electrons. The molecule has 5 N–H and O–H groups in total. The Morgan fingerprint density at radius 1 is 1.23 bits per heavy atom. The summed E-state index contributed by atoms with van der Waals surface area (Å²) in [5.74, 6) is -0.698. The summed E-state index contributed by atoms with van der Waals surface area (Å²) in [7, 11) is -4.72.